The summed E-state index contributed by atoms with van der Waals surface area (Å²) >= 11 is 0. The first kappa shape index (κ1) is 29.9. The Morgan fingerprint density at radius 1 is 0.568 bits per heavy atom. The van der Waals surface area contributed by atoms with Crippen LogP contribution in [-0.2, 0) is 4.74 Å². The van der Waals surface area contributed by atoms with E-state index in [9.17, 15) is 0 Å². The van der Waals surface area contributed by atoms with Gasteiger partial charge < -0.3 is 20.7 Å². The first-order valence-corrected chi connectivity index (χ1v) is 15.9. The van der Waals surface area contributed by atoms with Crippen molar-refractivity contribution in [1.29, 1.82) is 0 Å². The van der Waals surface area contributed by atoms with Gasteiger partial charge in [0.25, 0.3) is 0 Å². The largest absolute Gasteiger partial charge is 0.381 e. The number of unbranched alkanes of at least 4 members (excludes halogenated alkanes) is 9. The number of ether oxygens (including phenoxy) is 1. The second-order valence-corrected chi connectivity index (χ2v) is 11.3. The average molecular weight is 517 g/mol. The van der Waals surface area contributed by atoms with Gasteiger partial charge in [-0.1, -0.05) is 103 Å². The third kappa shape index (κ3) is 13.6. The molecule has 0 saturated heterocycles. The van der Waals surface area contributed by atoms with Gasteiger partial charge in [-0.3, -0.25) is 0 Å². The molecule has 3 rings (SSSR count). The molecule has 0 aromatic carbocycles. The maximum Gasteiger partial charge on any atom is 0.229 e. The maximum absolute atomic E-state index is 5.87. The number of rotatable bonds is 20. The number of nitrogens with one attached hydrogen (secondary N) is 3. The van der Waals surface area contributed by atoms with Crippen LogP contribution in [0.3, 0.4) is 0 Å². The molecule has 1 aromatic heterocycles. The molecular weight excluding hydrogens is 460 g/mol. The predicted octanol–water partition coefficient (Wildman–Crippen LogP) is 8.10. The Kier molecular flexibility index (Phi) is 15.7. The minimum absolute atomic E-state index is 0.478. The van der Waals surface area contributed by atoms with Gasteiger partial charge in [0.1, 0.15) is 0 Å². The van der Waals surface area contributed by atoms with Crippen molar-refractivity contribution < 1.29 is 4.74 Å². The fraction of sp³-hybridized carbons (Fsp3) is 0.900. The summed E-state index contributed by atoms with van der Waals surface area (Å²) in [5.74, 6) is 2.08. The van der Waals surface area contributed by atoms with Crippen LogP contribution < -0.4 is 16.0 Å². The van der Waals surface area contributed by atoms with E-state index >= 15 is 0 Å². The average Bonchev–Trinajstić information content (AvgIpc) is 2.92. The summed E-state index contributed by atoms with van der Waals surface area (Å²) in [6.07, 6.45) is 27.3. The minimum atomic E-state index is 0.478. The molecule has 2 saturated carbocycles. The number of hydrogen-bond acceptors (Lipinski definition) is 7. The molecule has 0 spiro atoms. The van der Waals surface area contributed by atoms with Crippen molar-refractivity contribution in [3.05, 3.63) is 0 Å². The lowest BCUT2D eigenvalue weighted by atomic mass is 9.96. The van der Waals surface area contributed by atoms with Crippen molar-refractivity contribution in [2.75, 3.05) is 35.7 Å². The zero-order chi connectivity index (χ0) is 25.8. The number of hydrogen-bond donors (Lipinski definition) is 3. The number of aromatic nitrogens is 3. The van der Waals surface area contributed by atoms with Crippen molar-refractivity contribution in [3.63, 3.8) is 0 Å². The van der Waals surface area contributed by atoms with E-state index in [0.29, 0.717) is 29.9 Å². The summed E-state index contributed by atoms with van der Waals surface area (Å²) in [6, 6.07) is 0.955. The van der Waals surface area contributed by atoms with Crippen molar-refractivity contribution in [2.45, 2.75) is 154 Å². The molecule has 1 heterocycles. The lowest BCUT2D eigenvalue weighted by Crippen LogP contribution is -2.26. The zero-order valence-corrected chi connectivity index (χ0v) is 23.9. The van der Waals surface area contributed by atoms with E-state index in [0.717, 1.165) is 26.2 Å². The van der Waals surface area contributed by atoms with Crippen molar-refractivity contribution in [1.82, 2.24) is 15.0 Å². The molecule has 0 radical (unpaired) electrons. The fourth-order valence-corrected chi connectivity index (χ4v) is 5.61. The second-order valence-electron chi connectivity index (χ2n) is 11.3. The van der Waals surface area contributed by atoms with Crippen molar-refractivity contribution in [2.24, 2.45) is 0 Å². The monoisotopic (exact) mass is 516 g/mol. The smallest absolute Gasteiger partial charge is 0.229 e. The number of nitrogens with zero attached hydrogens (tertiary/aromatic N) is 3. The fourth-order valence-electron chi connectivity index (χ4n) is 5.61. The molecule has 7 heteroatoms. The molecule has 2 aliphatic rings. The molecule has 2 fully saturated rings. The Morgan fingerprint density at radius 3 is 1.57 bits per heavy atom. The molecule has 7 nitrogen and oxygen atoms in total. The standard InChI is InChI=1S/C30H56N6O/c1-2-3-4-5-6-7-8-9-10-17-24-37-25-18-23-31-28-34-29(32-26-19-13-11-14-20-26)36-30(35-28)33-27-21-15-12-16-22-27/h26-27H,2-25H2,1H3,(H3,31,32,33,34,35,36). The van der Waals surface area contributed by atoms with E-state index in [1.165, 1.54) is 128 Å². The van der Waals surface area contributed by atoms with Crippen LogP contribution in [-0.4, -0.2) is 46.8 Å². The highest BCUT2D eigenvalue weighted by Gasteiger charge is 2.18. The van der Waals surface area contributed by atoms with Gasteiger partial charge in [-0.15, -0.1) is 0 Å². The number of anilines is 3. The molecule has 37 heavy (non-hydrogen) atoms. The van der Waals surface area contributed by atoms with Crippen molar-refractivity contribution >= 4 is 17.8 Å². The van der Waals surface area contributed by atoms with Gasteiger partial charge in [-0.2, -0.15) is 15.0 Å². The van der Waals surface area contributed by atoms with Crippen LogP contribution in [0.4, 0.5) is 17.8 Å². The van der Waals surface area contributed by atoms with Gasteiger partial charge in [0, 0.05) is 31.8 Å². The zero-order valence-electron chi connectivity index (χ0n) is 23.9. The maximum atomic E-state index is 5.87. The highest BCUT2D eigenvalue weighted by molar-refractivity contribution is 5.43. The summed E-state index contributed by atoms with van der Waals surface area (Å²) in [6.45, 7) is 4.77. The SMILES string of the molecule is CCCCCCCCCCCCOCCCNc1nc(NC2CCCCC2)nc(NC2CCCCC2)n1. The van der Waals surface area contributed by atoms with Gasteiger partial charge in [0.05, 0.1) is 0 Å². The van der Waals surface area contributed by atoms with E-state index in [2.05, 4.69) is 22.9 Å². The topological polar surface area (TPSA) is 84.0 Å². The molecule has 0 unspecified atom stereocenters. The Hall–Kier alpha value is -1.63. The van der Waals surface area contributed by atoms with Gasteiger partial charge in [0.15, 0.2) is 0 Å². The van der Waals surface area contributed by atoms with Crippen LogP contribution in [0.5, 0.6) is 0 Å². The van der Waals surface area contributed by atoms with E-state index in [-0.39, 0.29) is 0 Å². The van der Waals surface area contributed by atoms with Crippen LogP contribution in [0.2, 0.25) is 0 Å². The summed E-state index contributed by atoms with van der Waals surface area (Å²) in [5.41, 5.74) is 0. The molecular formula is C30H56N6O. The first-order chi connectivity index (χ1) is 18.3. The van der Waals surface area contributed by atoms with E-state index in [1.807, 2.05) is 0 Å². The third-order valence-corrected chi connectivity index (χ3v) is 7.90. The normalized spacial score (nSPS) is 17.1. The van der Waals surface area contributed by atoms with Gasteiger partial charge in [-0.25, -0.2) is 0 Å². The van der Waals surface area contributed by atoms with Gasteiger partial charge >= 0.3 is 0 Å². The van der Waals surface area contributed by atoms with E-state index < -0.39 is 0 Å². The van der Waals surface area contributed by atoms with Gasteiger partial charge in [0.2, 0.25) is 17.8 Å². The Morgan fingerprint density at radius 2 is 1.03 bits per heavy atom. The van der Waals surface area contributed by atoms with Gasteiger partial charge in [-0.05, 0) is 38.5 Å². The summed E-state index contributed by atoms with van der Waals surface area (Å²) in [4.78, 5) is 14.1. The molecule has 1 aromatic rings. The minimum Gasteiger partial charge on any atom is -0.381 e. The second kappa shape index (κ2) is 19.4. The van der Waals surface area contributed by atoms with Crippen LogP contribution in [0.1, 0.15) is 142 Å². The molecule has 0 aliphatic heterocycles. The van der Waals surface area contributed by atoms with E-state index in [4.69, 9.17) is 19.7 Å². The molecule has 212 valence electrons. The summed E-state index contributed by atoms with van der Waals surface area (Å²) in [7, 11) is 0. The van der Waals surface area contributed by atoms with Crippen molar-refractivity contribution in [3.8, 4) is 0 Å². The quantitative estimate of drug-likeness (QED) is 0.151. The highest BCUT2D eigenvalue weighted by Crippen LogP contribution is 2.23. The van der Waals surface area contributed by atoms with Crippen LogP contribution in [0, 0.1) is 0 Å². The molecule has 0 atom stereocenters. The first-order valence-electron chi connectivity index (χ1n) is 15.9. The lowest BCUT2D eigenvalue weighted by Gasteiger charge is -2.25. The highest BCUT2D eigenvalue weighted by atomic mass is 16.5. The van der Waals surface area contributed by atoms with Crippen LogP contribution in [0.25, 0.3) is 0 Å². The van der Waals surface area contributed by atoms with Crippen LogP contribution in [0.15, 0.2) is 0 Å². The Labute approximate surface area is 227 Å². The summed E-state index contributed by atoms with van der Waals surface area (Å²) in [5, 5.41) is 10.6. The molecule has 0 bridgehead atoms. The summed E-state index contributed by atoms with van der Waals surface area (Å²) < 4.78 is 5.87. The third-order valence-electron chi connectivity index (χ3n) is 7.90. The predicted molar refractivity (Wildman–Crippen MR) is 157 cm³/mol. The lowest BCUT2D eigenvalue weighted by molar-refractivity contribution is 0.129. The Bertz CT molecular complexity index is 652. The van der Waals surface area contributed by atoms with E-state index in [1.54, 1.807) is 0 Å². The molecule has 0 amide bonds. The van der Waals surface area contributed by atoms with Crippen LogP contribution >= 0.6 is 0 Å². The molecule has 2 aliphatic carbocycles. The molecule has 3 N–H and O–H groups in total. The Balaban J connectivity index is 1.29.